The molecule has 0 radical (unpaired) electrons. The van der Waals surface area contributed by atoms with Crippen molar-refractivity contribution in [2.45, 2.75) is 25.7 Å². The number of nitrogens with zero attached hydrogens (tertiary/aromatic N) is 2. The van der Waals surface area contributed by atoms with Gasteiger partial charge in [0.15, 0.2) is 0 Å². The lowest BCUT2D eigenvalue weighted by molar-refractivity contribution is 0.299. The molecule has 168 valence electrons. The molecule has 0 saturated heterocycles. The quantitative estimate of drug-likeness (QED) is 0.0995. The Kier molecular flexibility index (Phi) is 7.59. The van der Waals surface area contributed by atoms with Gasteiger partial charge in [-0.25, -0.2) is 9.97 Å². The first-order chi connectivity index (χ1) is 16.2. The second kappa shape index (κ2) is 11.0. The Morgan fingerprint density at radius 1 is 0.727 bits per heavy atom. The van der Waals surface area contributed by atoms with Gasteiger partial charge in [0.1, 0.15) is 16.7 Å². The van der Waals surface area contributed by atoms with Crippen LogP contribution in [0.2, 0.25) is 5.15 Å². The van der Waals surface area contributed by atoms with Gasteiger partial charge in [-0.05, 0) is 56.0 Å². The Labute approximate surface area is 199 Å². The maximum absolute atomic E-state index is 6.20. The van der Waals surface area contributed by atoms with Gasteiger partial charge >= 0.3 is 0 Å². The number of unbranched alkanes of at least 4 members (excludes halogenated alkanes) is 2. The number of ether oxygens (including phenoxy) is 2. The molecule has 2 heterocycles. The number of benzene rings is 2. The predicted molar refractivity (Wildman–Crippen MR) is 137 cm³/mol. The van der Waals surface area contributed by atoms with E-state index in [0.717, 1.165) is 70.2 Å². The second-order valence-corrected chi connectivity index (χ2v) is 8.11. The van der Waals surface area contributed by atoms with Crippen molar-refractivity contribution in [2.75, 3.05) is 13.2 Å². The Balaban J connectivity index is 1.80. The summed E-state index contributed by atoms with van der Waals surface area (Å²) >= 11 is 6.20. The van der Waals surface area contributed by atoms with Crippen molar-refractivity contribution in [3.8, 4) is 22.8 Å². The van der Waals surface area contributed by atoms with E-state index in [4.69, 9.17) is 26.1 Å². The third-order valence-electron chi connectivity index (χ3n) is 5.35. The minimum Gasteiger partial charge on any atom is -0.493 e. The van der Waals surface area contributed by atoms with Crippen molar-refractivity contribution in [1.82, 2.24) is 9.97 Å². The number of allylic oxidation sites excluding steroid dienone is 2. The van der Waals surface area contributed by atoms with E-state index in [2.05, 4.69) is 30.3 Å². The minimum absolute atomic E-state index is 0.444. The summed E-state index contributed by atoms with van der Waals surface area (Å²) < 4.78 is 12.3. The van der Waals surface area contributed by atoms with Crippen LogP contribution in [0.5, 0.6) is 11.5 Å². The molecule has 0 fully saturated rings. The normalized spacial score (nSPS) is 10.9. The highest BCUT2D eigenvalue weighted by Gasteiger charge is 2.16. The van der Waals surface area contributed by atoms with Crippen LogP contribution in [-0.2, 0) is 0 Å². The lowest BCUT2D eigenvalue weighted by atomic mass is 10.1. The van der Waals surface area contributed by atoms with Gasteiger partial charge in [-0.15, -0.1) is 13.2 Å². The maximum atomic E-state index is 6.20. The standard InChI is InChI=1S/C28H27ClN2O2/c1-3-5-7-18-32-23-10-9-11-24(33-19-8-6-4-2)26(23)22-16-14-20-12-13-21-15-17-25(29)31-28(21)27(20)30-22/h3-4,9-17H,1-2,5-8,18-19H2. The molecule has 0 unspecified atom stereocenters. The van der Waals surface area contributed by atoms with Crippen LogP contribution < -0.4 is 9.47 Å². The van der Waals surface area contributed by atoms with Crippen molar-refractivity contribution >= 4 is 33.4 Å². The fourth-order valence-corrected chi connectivity index (χ4v) is 3.85. The summed E-state index contributed by atoms with van der Waals surface area (Å²) in [6.45, 7) is 8.75. The van der Waals surface area contributed by atoms with Crippen molar-refractivity contribution in [1.29, 1.82) is 0 Å². The van der Waals surface area contributed by atoms with Crippen LogP contribution in [0.4, 0.5) is 0 Å². The van der Waals surface area contributed by atoms with Gasteiger partial charge in [0.2, 0.25) is 0 Å². The van der Waals surface area contributed by atoms with Crippen LogP contribution in [0.3, 0.4) is 0 Å². The molecule has 0 aliphatic carbocycles. The van der Waals surface area contributed by atoms with Crippen LogP contribution in [0, 0.1) is 0 Å². The third-order valence-corrected chi connectivity index (χ3v) is 5.56. The maximum Gasteiger partial charge on any atom is 0.132 e. The molecule has 0 saturated carbocycles. The monoisotopic (exact) mass is 458 g/mol. The lowest BCUT2D eigenvalue weighted by Crippen LogP contribution is -2.03. The average molecular weight is 459 g/mol. The number of pyridine rings is 2. The molecular formula is C28H27ClN2O2. The van der Waals surface area contributed by atoms with Crippen molar-refractivity contribution < 1.29 is 9.47 Å². The molecule has 0 bridgehead atoms. The molecule has 33 heavy (non-hydrogen) atoms. The van der Waals surface area contributed by atoms with Crippen molar-refractivity contribution in [3.63, 3.8) is 0 Å². The molecule has 4 aromatic rings. The van der Waals surface area contributed by atoms with Gasteiger partial charge in [0.05, 0.1) is 35.5 Å². The molecule has 5 heteroatoms. The number of halogens is 1. The lowest BCUT2D eigenvalue weighted by Gasteiger charge is -2.16. The van der Waals surface area contributed by atoms with Crippen molar-refractivity contribution in [2.24, 2.45) is 0 Å². The summed E-state index contributed by atoms with van der Waals surface area (Å²) in [6, 6.07) is 17.8. The van der Waals surface area contributed by atoms with Gasteiger partial charge in [-0.2, -0.15) is 0 Å². The molecule has 0 amide bonds. The number of rotatable bonds is 11. The summed E-state index contributed by atoms with van der Waals surface area (Å²) in [5.74, 6) is 1.50. The van der Waals surface area contributed by atoms with Crippen LogP contribution >= 0.6 is 11.6 Å². The van der Waals surface area contributed by atoms with E-state index in [9.17, 15) is 0 Å². The zero-order valence-electron chi connectivity index (χ0n) is 18.6. The molecular weight excluding hydrogens is 432 g/mol. The first kappa shape index (κ1) is 22.8. The van der Waals surface area contributed by atoms with E-state index in [0.29, 0.717) is 18.4 Å². The summed E-state index contributed by atoms with van der Waals surface area (Å²) in [6.07, 6.45) is 7.39. The molecule has 0 aliphatic heterocycles. The molecule has 4 nitrogen and oxygen atoms in total. The topological polar surface area (TPSA) is 44.2 Å². The molecule has 0 N–H and O–H groups in total. The number of aromatic nitrogens is 2. The second-order valence-electron chi connectivity index (χ2n) is 7.73. The predicted octanol–water partition coefficient (Wildman–Crippen LogP) is 7.79. The van der Waals surface area contributed by atoms with Gasteiger partial charge in [-0.1, -0.05) is 48.0 Å². The third kappa shape index (κ3) is 5.35. The fraction of sp³-hybridized carbons (Fsp3) is 0.214. The molecule has 0 atom stereocenters. The Hall–Kier alpha value is -3.37. The zero-order valence-corrected chi connectivity index (χ0v) is 19.4. The SMILES string of the molecule is C=CCCCOc1cccc(OCCCC=C)c1-c1ccc2ccc3ccc(Cl)nc3c2n1. The van der Waals surface area contributed by atoms with Crippen molar-refractivity contribution in [3.05, 3.63) is 85.1 Å². The summed E-state index contributed by atoms with van der Waals surface area (Å²) in [4.78, 5) is 9.56. The summed E-state index contributed by atoms with van der Waals surface area (Å²) in [5.41, 5.74) is 3.19. The number of hydrogen-bond donors (Lipinski definition) is 0. The van der Waals surface area contributed by atoms with E-state index in [1.54, 1.807) is 6.07 Å². The number of fused-ring (bicyclic) bond motifs is 3. The van der Waals surface area contributed by atoms with E-state index in [1.165, 1.54) is 0 Å². The van der Waals surface area contributed by atoms with Gasteiger partial charge < -0.3 is 9.47 Å². The molecule has 2 aromatic carbocycles. The summed E-state index contributed by atoms with van der Waals surface area (Å²) in [7, 11) is 0. The van der Waals surface area contributed by atoms with Crippen LogP contribution in [0.25, 0.3) is 33.1 Å². The number of hydrogen-bond acceptors (Lipinski definition) is 4. The highest BCUT2D eigenvalue weighted by atomic mass is 35.5. The highest BCUT2D eigenvalue weighted by molar-refractivity contribution is 6.30. The first-order valence-electron chi connectivity index (χ1n) is 11.2. The fourth-order valence-electron chi connectivity index (χ4n) is 3.71. The largest absolute Gasteiger partial charge is 0.493 e. The first-order valence-corrected chi connectivity index (χ1v) is 11.6. The average Bonchev–Trinajstić information content (AvgIpc) is 2.84. The van der Waals surface area contributed by atoms with Crippen LogP contribution in [0.1, 0.15) is 25.7 Å². The Bertz CT molecular complexity index is 1250. The molecule has 4 rings (SSSR count). The highest BCUT2D eigenvalue weighted by Crippen LogP contribution is 2.39. The van der Waals surface area contributed by atoms with Crippen LogP contribution in [-0.4, -0.2) is 23.2 Å². The molecule has 2 aromatic heterocycles. The smallest absolute Gasteiger partial charge is 0.132 e. The van der Waals surface area contributed by atoms with E-state index >= 15 is 0 Å². The van der Waals surface area contributed by atoms with E-state index < -0.39 is 0 Å². The van der Waals surface area contributed by atoms with E-state index in [-0.39, 0.29) is 0 Å². The zero-order chi connectivity index (χ0) is 23.0. The molecule has 0 aliphatic rings. The van der Waals surface area contributed by atoms with Gasteiger partial charge in [0.25, 0.3) is 0 Å². The molecule has 0 spiro atoms. The summed E-state index contributed by atoms with van der Waals surface area (Å²) in [5, 5.41) is 2.43. The Morgan fingerprint density at radius 2 is 1.27 bits per heavy atom. The van der Waals surface area contributed by atoms with Gasteiger partial charge in [0, 0.05) is 10.8 Å². The minimum atomic E-state index is 0.444. The van der Waals surface area contributed by atoms with Crippen LogP contribution in [0.15, 0.2) is 79.9 Å². The Morgan fingerprint density at radius 3 is 1.88 bits per heavy atom. The van der Waals surface area contributed by atoms with Gasteiger partial charge in [-0.3, -0.25) is 0 Å². The van der Waals surface area contributed by atoms with E-state index in [1.807, 2.05) is 48.6 Å².